The van der Waals surface area contributed by atoms with E-state index >= 15 is 0 Å². The molecule has 164 valence electrons. The number of nitrogens with one attached hydrogen (secondary N) is 2. The van der Waals surface area contributed by atoms with Crippen LogP contribution in [0.4, 0.5) is 0 Å². The molecule has 2 N–H and O–H groups in total. The highest BCUT2D eigenvalue weighted by atomic mass is 32.2. The fraction of sp³-hybridized carbons (Fsp3) is 0.250. The first-order valence-electron chi connectivity index (χ1n) is 9.31. The quantitative estimate of drug-likeness (QED) is 0.348. The van der Waals surface area contributed by atoms with E-state index in [1.165, 1.54) is 31.0 Å². The summed E-state index contributed by atoms with van der Waals surface area (Å²) >= 11 is 1.52. The molecule has 0 aliphatic carbocycles. The Labute approximate surface area is 184 Å². The van der Waals surface area contributed by atoms with Gasteiger partial charge in [0.2, 0.25) is 15.9 Å². The van der Waals surface area contributed by atoms with E-state index in [9.17, 15) is 13.2 Å². The number of methoxy groups -OCH3 is 1. The van der Waals surface area contributed by atoms with Gasteiger partial charge in [-0.3, -0.25) is 4.79 Å². The molecule has 0 bridgehead atoms. The first-order chi connectivity index (χ1) is 14.9. The molecule has 1 heterocycles. The average Bonchev–Trinajstić information content (AvgIpc) is 3.20. The van der Waals surface area contributed by atoms with E-state index in [2.05, 4.69) is 20.2 Å². The lowest BCUT2D eigenvalue weighted by molar-refractivity contribution is 0.0954. The van der Waals surface area contributed by atoms with Gasteiger partial charge in [0.25, 0.3) is 5.91 Å². The number of hydrogen-bond acceptors (Lipinski definition) is 8. The van der Waals surface area contributed by atoms with Gasteiger partial charge in [-0.2, -0.15) is 4.98 Å². The normalized spacial score (nSPS) is 11.3. The van der Waals surface area contributed by atoms with Crippen LogP contribution >= 0.6 is 11.8 Å². The van der Waals surface area contributed by atoms with Crippen LogP contribution in [0.5, 0.6) is 5.75 Å². The van der Waals surface area contributed by atoms with Gasteiger partial charge in [0.15, 0.2) is 5.82 Å². The molecular formula is C20H22N4O5S2. The van der Waals surface area contributed by atoms with E-state index in [1.807, 2.05) is 12.1 Å². The van der Waals surface area contributed by atoms with E-state index in [4.69, 9.17) is 9.26 Å². The number of benzene rings is 2. The zero-order valence-corrected chi connectivity index (χ0v) is 18.6. The predicted octanol–water partition coefficient (Wildman–Crippen LogP) is 2.39. The Morgan fingerprint density at radius 2 is 1.81 bits per heavy atom. The molecule has 1 amide bonds. The largest absolute Gasteiger partial charge is 0.497 e. The van der Waals surface area contributed by atoms with Crippen LogP contribution in [0, 0.1) is 6.92 Å². The molecule has 1 aromatic heterocycles. The third kappa shape index (κ3) is 6.54. The summed E-state index contributed by atoms with van der Waals surface area (Å²) in [6.07, 6.45) is 0. The number of carbonyl (C=O) groups excluding carboxylic acids is 1. The van der Waals surface area contributed by atoms with Gasteiger partial charge in [-0.1, -0.05) is 5.16 Å². The number of thioether (sulfide) groups is 1. The second kappa shape index (κ2) is 10.4. The Morgan fingerprint density at radius 1 is 1.10 bits per heavy atom. The summed E-state index contributed by atoms with van der Waals surface area (Å²) in [5.74, 6) is 1.96. The van der Waals surface area contributed by atoms with E-state index < -0.39 is 10.0 Å². The SMILES string of the molecule is COc1ccc(S(=O)(=O)NCCNC(=O)c2ccc(SCc3nc(C)no3)cc2)cc1. The van der Waals surface area contributed by atoms with E-state index in [1.54, 1.807) is 31.2 Å². The number of amides is 1. The Bertz CT molecular complexity index is 1110. The molecule has 0 unspecified atom stereocenters. The third-order valence-corrected chi connectivity index (χ3v) is 6.59. The van der Waals surface area contributed by atoms with Crippen LogP contribution in [0.2, 0.25) is 0 Å². The van der Waals surface area contributed by atoms with Crippen molar-refractivity contribution in [2.75, 3.05) is 20.2 Å². The van der Waals surface area contributed by atoms with Crippen molar-refractivity contribution < 1.29 is 22.5 Å². The molecule has 0 saturated heterocycles. The van der Waals surface area contributed by atoms with Gasteiger partial charge in [-0.05, 0) is 55.5 Å². The van der Waals surface area contributed by atoms with Crippen LogP contribution in [-0.2, 0) is 15.8 Å². The minimum atomic E-state index is -3.66. The van der Waals surface area contributed by atoms with Gasteiger partial charge in [-0.25, -0.2) is 13.1 Å². The molecular weight excluding hydrogens is 440 g/mol. The Morgan fingerprint density at radius 3 is 2.42 bits per heavy atom. The monoisotopic (exact) mass is 462 g/mol. The summed E-state index contributed by atoms with van der Waals surface area (Å²) < 4.78 is 37.1. The van der Waals surface area contributed by atoms with Gasteiger partial charge < -0.3 is 14.6 Å². The topological polar surface area (TPSA) is 123 Å². The molecule has 11 heteroatoms. The molecule has 0 spiro atoms. The van der Waals surface area contributed by atoms with Crippen LogP contribution in [0.1, 0.15) is 22.1 Å². The summed E-state index contributed by atoms with van der Waals surface area (Å²) in [6, 6.07) is 13.1. The number of aromatic nitrogens is 2. The number of sulfonamides is 1. The van der Waals surface area contributed by atoms with Crippen molar-refractivity contribution in [1.29, 1.82) is 0 Å². The molecule has 9 nitrogen and oxygen atoms in total. The number of nitrogens with zero attached hydrogens (tertiary/aromatic N) is 2. The summed E-state index contributed by atoms with van der Waals surface area (Å²) in [5.41, 5.74) is 0.482. The van der Waals surface area contributed by atoms with Crippen molar-refractivity contribution in [3.63, 3.8) is 0 Å². The predicted molar refractivity (Wildman–Crippen MR) is 116 cm³/mol. The van der Waals surface area contributed by atoms with Gasteiger partial charge in [0, 0.05) is 23.5 Å². The van der Waals surface area contributed by atoms with Crippen LogP contribution in [0.25, 0.3) is 0 Å². The average molecular weight is 463 g/mol. The summed E-state index contributed by atoms with van der Waals surface area (Å²) in [4.78, 5) is 17.5. The summed E-state index contributed by atoms with van der Waals surface area (Å²) in [6.45, 7) is 1.98. The maximum atomic E-state index is 12.3. The second-order valence-electron chi connectivity index (χ2n) is 6.38. The minimum Gasteiger partial charge on any atom is -0.497 e. The fourth-order valence-corrected chi connectivity index (χ4v) is 4.32. The lowest BCUT2D eigenvalue weighted by atomic mass is 10.2. The molecule has 0 aliphatic rings. The molecule has 0 fully saturated rings. The van der Waals surface area contributed by atoms with Crippen LogP contribution in [-0.4, -0.2) is 44.7 Å². The van der Waals surface area contributed by atoms with Crippen LogP contribution in [0.3, 0.4) is 0 Å². The number of rotatable bonds is 10. The van der Waals surface area contributed by atoms with E-state index in [-0.39, 0.29) is 23.9 Å². The van der Waals surface area contributed by atoms with E-state index in [0.29, 0.717) is 28.8 Å². The zero-order valence-electron chi connectivity index (χ0n) is 17.0. The number of hydrogen-bond donors (Lipinski definition) is 2. The van der Waals surface area contributed by atoms with Gasteiger partial charge in [-0.15, -0.1) is 11.8 Å². The summed E-state index contributed by atoms with van der Waals surface area (Å²) in [7, 11) is -2.15. The van der Waals surface area contributed by atoms with Crippen molar-refractivity contribution >= 4 is 27.7 Å². The van der Waals surface area contributed by atoms with Crippen molar-refractivity contribution in [3.8, 4) is 5.75 Å². The molecule has 3 rings (SSSR count). The fourth-order valence-electron chi connectivity index (χ4n) is 2.55. The molecule has 31 heavy (non-hydrogen) atoms. The lowest BCUT2D eigenvalue weighted by Crippen LogP contribution is -2.34. The molecule has 0 saturated carbocycles. The molecule has 3 aromatic rings. The molecule has 0 atom stereocenters. The van der Waals surface area contributed by atoms with Gasteiger partial charge >= 0.3 is 0 Å². The second-order valence-corrected chi connectivity index (χ2v) is 9.19. The van der Waals surface area contributed by atoms with Gasteiger partial charge in [0.05, 0.1) is 17.8 Å². The third-order valence-electron chi connectivity index (χ3n) is 4.12. The van der Waals surface area contributed by atoms with Gasteiger partial charge in [0.1, 0.15) is 5.75 Å². The molecule has 0 aliphatic heterocycles. The van der Waals surface area contributed by atoms with Crippen molar-refractivity contribution in [1.82, 2.24) is 20.2 Å². The number of aryl methyl sites for hydroxylation is 1. The van der Waals surface area contributed by atoms with Crippen molar-refractivity contribution in [3.05, 3.63) is 65.8 Å². The Hall–Kier alpha value is -2.89. The van der Waals surface area contributed by atoms with E-state index in [0.717, 1.165) is 4.90 Å². The number of ether oxygens (including phenoxy) is 1. The smallest absolute Gasteiger partial charge is 0.251 e. The standard InChI is InChI=1S/C20H22N4O5S2/c1-14-23-19(29-24-14)13-30-17-7-3-15(4-8-17)20(25)21-11-12-22-31(26,27)18-9-5-16(28-2)6-10-18/h3-10,22H,11-13H2,1-2H3,(H,21,25). The summed E-state index contributed by atoms with van der Waals surface area (Å²) in [5, 5.41) is 6.44. The number of carbonyl (C=O) groups is 1. The highest BCUT2D eigenvalue weighted by Crippen LogP contribution is 2.22. The maximum Gasteiger partial charge on any atom is 0.251 e. The first kappa shape index (κ1) is 22.8. The lowest BCUT2D eigenvalue weighted by Gasteiger charge is -2.09. The van der Waals surface area contributed by atoms with Crippen molar-refractivity contribution in [2.24, 2.45) is 0 Å². The Balaban J connectivity index is 1.43. The molecule has 0 radical (unpaired) electrons. The highest BCUT2D eigenvalue weighted by Gasteiger charge is 2.13. The molecule has 2 aromatic carbocycles. The Kier molecular flexibility index (Phi) is 7.66. The van der Waals surface area contributed by atoms with Crippen LogP contribution < -0.4 is 14.8 Å². The maximum absolute atomic E-state index is 12.3. The van der Waals surface area contributed by atoms with Crippen molar-refractivity contribution in [2.45, 2.75) is 22.5 Å². The first-order valence-corrected chi connectivity index (χ1v) is 11.8. The minimum absolute atomic E-state index is 0.0671. The zero-order chi connectivity index (χ0) is 22.3. The highest BCUT2D eigenvalue weighted by molar-refractivity contribution is 7.98. The van der Waals surface area contributed by atoms with Crippen LogP contribution in [0.15, 0.2) is 62.8 Å².